The van der Waals surface area contributed by atoms with Crippen molar-refractivity contribution < 1.29 is 0 Å². The molecule has 0 atom stereocenters. The highest BCUT2D eigenvalue weighted by Gasteiger charge is 2.07. The van der Waals surface area contributed by atoms with E-state index in [1.54, 1.807) is 0 Å². The van der Waals surface area contributed by atoms with Gasteiger partial charge in [0, 0.05) is 29.2 Å². The van der Waals surface area contributed by atoms with Crippen LogP contribution in [0, 0.1) is 0 Å². The van der Waals surface area contributed by atoms with Crippen LogP contribution >= 0.6 is 0 Å². The van der Waals surface area contributed by atoms with Gasteiger partial charge in [-0.2, -0.15) is 5.10 Å². The van der Waals surface area contributed by atoms with Gasteiger partial charge >= 0.3 is 0 Å². The van der Waals surface area contributed by atoms with E-state index in [0.717, 1.165) is 23.1 Å². The molecule has 5 nitrogen and oxygen atoms in total. The highest BCUT2D eigenvalue weighted by molar-refractivity contribution is 5.99. The van der Waals surface area contributed by atoms with E-state index in [4.69, 9.17) is 0 Å². The summed E-state index contributed by atoms with van der Waals surface area (Å²) in [6.45, 7) is 0.826. The van der Waals surface area contributed by atoms with Gasteiger partial charge in [-0.15, -0.1) is 0 Å². The third kappa shape index (κ3) is 3.14. The van der Waals surface area contributed by atoms with Crippen molar-refractivity contribution in [1.29, 1.82) is 0 Å². The van der Waals surface area contributed by atoms with Crippen molar-refractivity contribution in [2.24, 2.45) is 5.10 Å². The molecule has 2 N–H and O–H groups in total. The Kier molecular flexibility index (Phi) is 4.10. The first-order valence-corrected chi connectivity index (χ1v) is 9.22. The van der Waals surface area contributed by atoms with Crippen LogP contribution in [0.25, 0.3) is 21.9 Å². The van der Waals surface area contributed by atoms with Crippen LogP contribution in [0.3, 0.4) is 0 Å². The summed E-state index contributed by atoms with van der Waals surface area (Å²) < 4.78 is 2.26. The molecule has 0 saturated carbocycles. The number of anilines is 1. The van der Waals surface area contributed by atoms with Crippen molar-refractivity contribution >= 4 is 34.1 Å². The van der Waals surface area contributed by atoms with Crippen LogP contribution < -0.4 is 5.43 Å². The molecule has 0 aliphatic heterocycles. The maximum Gasteiger partial charge on any atom is 0.222 e. The van der Waals surface area contributed by atoms with Crippen molar-refractivity contribution in [3.8, 4) is 0 Å². The first-order valence-electron chi connectivity index (χ1n) is 9.22. The standard InChI is InChI=1S/C23H19N5/c1-2-8-17(9-3-1)15-28-16-18(19-10-4-7-13-22(19)28)14-24-27-23-25-20-11-5-6-12-21(20)26-23/h1-14,16H,15H2,(H2,25,26,27)/b24-14-. The van der Waals surface area contributed by atoms with Crippen molar-refractivity contribution in [3.63, 3.8) is 0 Å². The number of H-pyrrole nitrogens is 1. The van der Waals surface area contributed by atoms with Crippen molar-refractivity contribution in [2.45, 2.75) is 6.54 Å². The van der Waals surface area contributed by atoms with Crippen LogP contribution in [0.4, 0.5) is 5.95 Å². The minimum Gasteiger partial charge on any atom is -0.342 e. The largest absolute Gasteiger partial charge is 0.342 e. The molecule has 0 radical (unpaired) electrons. The number of hydrogen-bond acceptors (Lipinski definition) is 3. The third-order valence-electron chi connectivity index (χ3n) is 4.78. The van der Waals surface area contributed by atoms with Crippen LogP contribution in [-0.2, 0) is 6.54 Å². The van der Waals surface area contributed by atoms with E-state index in [9.17, 15) is 0 Å². The summed E-state index contributed by atoms with van der Waals surface area (Å²) in [6.07, 6.45) is 3.98. The molecule has 2 aromatic heterocycles. The summed E-state index contributed by atoms with van der Waals surface area (Å²) in [6, 6.07) is 26.8. The van der Waals surface area contributed by atoms with E-state index in [-0.39, 0.29) is 0 Å². The SMILES string of the molecule is C(=N/Nc1nc2ccccc2[nH]1)/c1cn(Cc2ccccc2)c2ccccc12. The smallest absolute Gasteiger partial charge is 0.222 e. The van der Waals surface area contributed by atoms with Crippen molar-refractivity contribution in [2.75, 3.05) is 5.43 Å². The minimum absolute atomic E-state index is 0.630. The fourth-order valence-corrected chi connectivity index (χ4v) is 3.46. The number of aromatic nitrogens is 3. The average molecular weight is 365 g/mol. The molecule has 5 aromatic rings. The molecule has 3 aromatic carbocycles. The number of aromatic amines is 1. The van der Waals surface area contributed by atoms with E-state index in [0.29, 0.717) is 5.95 Å². The number of para-hydroxylation sites is 3. The Hall–Kier alpha value is -3.86. The number of nitrogens with zero attached hydrogens (tertiary/aromatic N) is 3. The Morgan fingerprint density at radius 2 is 1.71 bits per heavy atom. The first kappa shape index (κ1) is 16.3. The molecule has 0 amide bonds. The van der Waals surface area contributed by atoms with Gasteiger partial charge in [0.25, 0.3) is 0 Å². The third-order valence-corrected chi connectivity index (χ3v) is 4.78. The fraction of sp³-hybridized carbons (Fsp3) is 0.0435. The molecule has 5 heteroatoms. The van der Waals surface area contributed by atoms with E-state index >= 15 is 0 Å². The molecular formula is C23H19N5. The topological polar surface area (TPSA) is 58.0 Å². The predicted octanol–water partition coefficient (Wildman–Crippen LogP) is 5.01. The Morgan fingerprint density at radius 1 is 0.929 bits per heavy atom. The molecule has 5 rings (SSSR count). The number of fused-ring (bicyclic) bond motifs is 2. The van der Waals surface area contributed by atoms with Gasteiger partial charge in [0.15, 0.2) is 0 Å². The molecule has 28 heavy (non-hydrogen) atoms. The zero-order valence-electron chi connectivity index (χ0n) is 15.2. The molecule has 2 heterocycles. The van der Waals surface area contributed by atoms with Gasteiger partial charge in [-0.3, -0.25) is 0 Å². The lowest BCUT2D eigenvalue weighted by molar-refractivity contribution is 0.836. The van der Waals surface area contributed by atoms with Crippen LogP contribution in [-0.4, -0.2) is 20.7 Å². The van der Waals surface area contributed by atoms with Crippen LogP contribution in [0.1, 0.15) is 11.1 Å². The summed E-state index contributed by atoms with van der Waals surface area (Å²) in [5.74, 6) is 0.630. The molecule has 0 aliphatic carbocycles. The molecule has 0 spiro atoms. The zero-order chi connectivity index (χ0) is 18.8. The molecule has 0 bridgehead atoms. The molecule has 0 aliphatic rings. The highest BCUT2D eigenvalue weighted by Crippen LogP contribution is 2.21. The molecule has 0 unspecified atom stereocenters. The highest BCUT2D eigenvalue weighted by atomic mass is 15.3. The molecule has 136 valence electrons. The van der Waals surface area contributed by atoms with Crippen LogP contribution in [0.2, 0.25) is 0 Å². The van der Waals surface area contributed by atoms with Gasteiger partial charge in [-0.1, -0.05) is 60.7 Å². The van der Waals surface area contributed by atoms with Crippen LogP contribution in [0.5, 0.6) is 0 Å². The summed E-state index contributed by atoms with van der Waals surface area (Å²) in [4.78, 5) is 7.70. The number of benzene rings is 3. The number of imidazole rings is 1. The lowest BCUT2D eigenvalue weighted by atomic mass is 10.2. The summed E-state index contributed by atoms with van der Waals surface area (Å²) in [7, 11) is 0. The van der Waals surface area contributed by atoms with Crippen molar-refractivity contribution in [1.82, 2.24) is 14.5 Å². The zero-order valence-corrected chi connectivity index (χ0v) is 15.2. The summed E-state index contributed by atoms with van der Waals surface area (Å²) in [5.41, 5.74) is 8.43. The van der Waals surface area contributed by atoms with E-state index in [1.165, 1.54) is 16.5 Å². The van der Waals surface area contributed by atoms with Gasteiger partial charge in [0.05, 0.1) is 17.2 Å². The Morgan fingerprint density at radius 3 is 2.61 bits per heavy atom. The maximum atomic E-state index is 4.48. The van der Waals surface area contributed by atoms with Gasteiger partial charge in [-0.25, -0.2) is 10.4 Å². The van der Waals surface area contributed by atoms with Gasteiger partial charge < -0.3 is 9.55 Å². The first-order chi connectivity index (χ1) is 13.9. The number of rotatable bonds is 5. The van der Waals surface area contributed by atoms with Crippen LogP contribution in [0.15, 0.2) is 90.2 Å². The summed E-state index contributed by atoms with van der Waals surface area (Å²) >= 11 is 0. The van der Waals surface area contributed by atoms with Gasteiger partial charge in [-0.05, 0) is 23.8 Å². The number of hydrazone groups is 1. The second kappa shape index (κ2) is 7.04. The Balaban J connectivity index is 1.42. The quantitative estimate of drug-likeness (QED) is 0.340. The molecule has 0 fully saturated rings. The minimum atomic E-state index is 0.630. The lowest BCUT2D eigenvalue weighted by Crippen LogP contribution is -1.97. The predicted molar refractivity (Wildman–Crippen MR) is 115 cm³/mol. The normalized spacial score (nSPS) is 11.6. The second-order valence-electron chi connectivity index (χ2n) is 6.69. The fourth-order valence-electron chi connectivity index (χ4n) is 3.46. The summed E-state index contributed by atoms with van der Waals surface area (Å²) in [5, 5.41) is 5.57. The van der Waals surface area contributed by atoms with Crippen molar-refractivity contribution in [3.05, 3.63) is 96.2 Å². The lowest BCUT2D eigenvalue weighted by Gasteiger charge is -2.05. The van der Waals surface area contributed by atoms with Gasteiger partial charge in [0.2, 0.25) is 5.95 Å². The number of nitrogens with one attached hydrogen (secondary N) is 2. The monoisotopic (exact) mass is 365 g/mol. The molecule has 0 saturated heterocycles. The van der Waals surface area contributed by atoms with E-state index in [2.05, 4.69) is 79.8 Å². The van der Waals surface area contributed by atoms with Gasteiger partial charge in [0.1, 0.15) is 0 Å². The number of hydrogen-bond donors (Lipinski definition) is 2. The Labute approximate surface area is 162 Å². The van der Waals surface area contributed by atoms with E-state index < -0.39 is 0 Å². The molecular weight excluding hydrogens is 346 g/mol. The second-order valence-corrected chi connectivity index (χ2v) is 6.69. The van der Waals surface area contributed by atoms with E-state index in [1.807, 2.05) is 36.5 Å². The average Bonchev–Trinajstić information content (AvgIpc) is 3.30. The maximum absolute atomic E-state index is 4.48. The Bertz CT molecular complexity index is 1230.